The van der Waals surface area contributed by atoms with Crippen LogP contribution in [0.3, 0.4) is 0 Å². The van der Waals surface area contributed by atoms with Gasteiger partial charge in [0.25, 0.3) is 0 Å². The molecule has 52 valence electrons. The molecule has 2 atom stereocenters. The molecule has 0 radical (unpaired) electrons. The SMILES string of the molecule is CC1(C2CCOC2)CO1. The van der Waals surface area contributed by atoms with Crippen molar-refractivity contribution in [3.05, 3.63) is 0 Å². The van der Waals surface area contributed by atoms with Crippen molar-refractivity contribution >= 4 is 0 Å². The monoisotopic (exact) mass is 128 g/mol. The van der Waals surface area contributed by atoms with Crippen LogP contribution >= 0.6 is 0 Å². The van der Waals surface area contributed by atoms with Gasteiger partial charge in [0.1, 0.15) is 0 Å². The van der Waals surface area contributed by atoms with Crippen molar-refractivity contribution < 1.29 is 9.47 Å². The zero-order chi connectivity index (χ0) is 6.32. The van der Waals surface area contributed by atoms with Crippen LogP contribution in [0.15, 0.2) is 0 Å². The predicted octanol–water partition coefficient (Wildman–Crippen LogP) is 0.812. The van der Waals surface area contributed by atoms with E-state index in [1.54, 1.807) is 0 Å². The zero-order valence-corrected chi connectivity index (χ0v) is 5.72. The Morgan fingerprint density at radius 2 is 2.33 bits per heavy atom. The van der Waals surface area contributed by atoms with Gasteiger partial charge in [-0.1, -0.05) is 0 Å². The molecule has 2 fully saturated rings. The van der Waals surface area contributed by atoms with Crippen molar-refractivity contribution in [1.82, 2.24) is 0 Å². The van der Waals surface area contributed by atoms with E-state index < -0.39 is 0 Å². The van der Waals surface area contributed by atoms with Gasteiger partial charge in [-0.25, -0.2) is 0 Å². The molecule has 2 aliphatic heterocycles. The van der Waals surface area contributed by atoms with Gasteiger partial charge in [0.05, 0.1) is 18.8 Å². The van der Waals surface area contributed by atoms with Gasteiger partial charge in [-0.3, -0.25) is 0 Å². The number of hydrogen-bond acceptors (Lipinski definition) is 2. The van der Waals surface area contributed by atoms with Crippen molar-refractivity contribution in [2.45, 2.75) is 18.9 Å². The minimum atomic E-state index is 0.205. The quantitative estimate of drug-likeness (QED) is 0.487. The molecule has 2 nitrogen and oxygen atoms in total. The van der Waals surface area contributed by atoms with Crippen molar-refractivity contribution in [1.29, 1.82) is 0 Å². The number of ether oxygens (including phenoxy) is 2. The van der Waals surface area contributed by atoms with Gasteiger partial charge in [-0.05, 0) is 13.3 Å². The van der Waals surface area contributed by atoms with Crippen LogP contribution in [-0.2, 0) is 9.47 Å². The van der Waals surface area contributed by atoms with Gasteiger partial charge < -0.3 is 9.47 Å². The Bertz CT molecular complexity index is 112. The Hall–Kier alpha value is -0.0800. The van der Waals surface area contributed by atoms with E-state index in [4.69, 9.17) is 9.47 Å². The summed E-state index contributed by atoms with van der Waals surface area (Å²) in [6.45, 7) is 4.97. The van der Waals surface area contributed by atoms with E-state index in [0.717, 1.165) is 19.8 Å². The maximum Gasteiger partial charge on any atom is 0.0939 e. The molecule has 2 saturated heterocycles. The molecule has 0 aromatic rings. The van der Waals surface area contributed by atoms with Crippen molar-refractivity contribution in [2.24, 2.45) is 5.92 Å². The molecule has 9 heavy (non-hydrogen) atoms. The molecule has 0 aromatic carbocycles. The lowest BCUT2D eigenvalue weighted by Crippen LogP contribution is -2.20. The summed E-state index contributed by atoms with van der Waals surface area (Å²) in [6, 6.07) is 0. The molecule has 2 unspecified atom stereocenters. The van der Waals surface area contributed by atoms with Gasteiger partial charge in [0.15, 0.2) is 0 Å². The van der Waals surface area contributed by atoms with Crippen LogP contribution < -0.4 is 0 Å². The van der Waals surface area contributed by atoms with Crippen LogP contribution in [0.4, 0.5) is 0 Å². The van der Waals surface area contributed by atoms with E-state index in [9.17, 15) is 0 Å². The van der Waals surface area contributed by atoms with Crippen molar-refractivity contribution in [3.8, 4) is 0 Å². The van der Waals surface area contributed by atoms with Crippen molar-refractivity contribution in [2.75, 3.05) is 19.8 Å². The molecule has 2 aliphatic rings. The lowest BCUT2D eigenvalue weighted by molar-refractivity contribution is 0.159. The second-order valence-electron chi connectivity index (χ2n) is 3.16. The minimum Gasteiger partial charge on any atom is -0.381 e. The van der Waals surface area contributed by atoms with Gasteiger partial charge in [0, 0.05) is 12.5 Å². The molecule has 0 N–H and O–H groups in total. The topological polar surface area (TPSA) is 21.8 Å². The first-order valence-corrected chi connectivity index (χ1v) is 3.53. The Kier molecular flexibility index (Phi) is 1.08. The summed E-state index contributed by atoms with van der Waals surface area (Å²) in [5, 5.41) is 0. The predicted molar refractivity (Wildman–Crippen MR) is 33.3 cm³/mol. The summed E-state index contributed by atoms with van der Waals surface area (Å²) in [4.78, 5) is 0. The largest absolute Gasteiger partial charge is 0.381 e. The highest BCUT2D eigenvalue weighted by atomic mass is 16.6. The lowest BCUT2D eigenvalue weighted by atomic mass is 9.94. The highest BCUT2D eigenvalue weighted by Gasteiger charge is 2.47. The van der Waals surface area contributed by atoms with E-state index in [2.05, 4.69) is 6.92 Å². The highest BCUT2D eigenvalue weighted by molar-refractivity contribution is 4.95. The summed E-state index contributed by atoms with van der Waals surface area (Å²) < 4.78 is 10.5. The summed E-state index contributed by atoms with van der Waals surface area (Å²) in [5.41, 5.74) is 0.205. The van der Waals surface area contributed by atoms with Crippen LogP contribution in [-0.4, -0.2) is 25.4 Å². The lowest BCUT2D eigenvalue weighted by Gasteiger charge is -2.10. The molecule has 0 aliphatic carbocycles. The summed E-state index contributed by atoms with van der Waals surface area (Å²) >= 11 is 0. The van der Waals surface area contributed by atoms with Crippen LogP contribution in [0, 0.1) is 5.92 Å². The standard InChI is InChI=1S/C7H12O2/c1-7(5-9-7)6-2-3-8-4-6/h6H,2-5H2,1H3. The van der Waals surface area contributed by atoms with E-state index in [1.807, 2.05) is 0 Å². The molecule has 0 amide bonds. The molecular formula is C7H12O2. The maximum absolute atomic E-state index is 5.30. The Morgan fingerprint density at radius 1 is 1.56 bits per heavy atom. The number of rotatable bonds is 1. The van der Waals surface area contributed by atoms with Gasteiger partial charge in [-0.15, -0.1) is 0 Å². The van der Waals surface area contributed by atoms with Crippen molar-refractivity contribution in [3.63, 3.8) is 0 Å². The van der Waals surface area contributed by atoms with Crippen LogP contribution in [0.1, 0.15) is 13.3 Å². The molecule has 0 saturated carbocycles. The Balaban J connectivity index is 1.97. The maximum atomic E-state index is 5.30. The summed E-state index contributed by atoms with van der Waals surface area (Å²) in [6.07, 6.45) is 1.19. The van der Waals surface area contributed by atoms with E-state index >= 15 is 0 Å². The molecule has 0 aromatic heterocycles. The zero-order valence-electron chi connectivity index (χ0n) is 5.72. The average molecular weight is 128 g/mol. The Labute approximate surface area is 55.1 Å². The highest BCUT2D eigenvalue weighted by Crippen LogP contribution is 2.38. The first-order valence-electron chi connectivity index (χ1n) is 3.53. The van der Waals surface area contributed by atoms with Gasteiger partial charge >= 0.3 is 0 Å². The minimum absolute atomic E-state index is 0.205. The van der Waals surface area contributed by atoms with Gasteiger partial charge in [-0.2, -0.15) is 0 Å². The molecule has 0 spiro atoms. The summed E-state index contributed by atoms with van der Waals surface area (Å²) in [7, 11) is 0. The third-order valence-corrected chi connectivity index (χ3v) is 2.39. The van der Waals surface area contributed by atoms with Crippen LogP contribution in [0.5, 0.6) is 0 Å². The van der Waals surface area contributed by atoms with Gasteiger partial charge in [0.2, 0.25) is 0 Å². The fourth-order valence-electron chi connectivity index (χ4n) is 1.37. The second kappa shape index (κ2) is 1.70. The Morgan fingerprint density at radius 3 is 2.78 bits per heavy atom. The third kappa shape index (κ3) is 0.864. The molecule has 2 rings (SSSR count). The normalized spacial score (nSPS) is 49.7. The number of epoxide rings is 1. The van der Waals surface area contributed by atoms with E-state index in [1.165, 1.54) is 6.42 Å². The fraction of sp³-hybridized carbons (Fsp3) is 1.00. The van der Waals surface area contributed by atoms with Crippen LogP contribution in [0.25, 0.3) is 0 Å². The fourth-order valence-corrected chi connectivity index (χ4v) is 1.37. The van der Waals surface area contributed by atoms with E-state index in [0.29, 0.717) is 5.92 Å². The molecular weight excluding hydrogens is 116 g/mol. The molecule has 2 heteroatoms. The van der Waals surface area contributed by atoms with Crippen LogP contribution in [0.2, 0.25) is 0 Å². The first kappa shape index (κ1) is 5.69. The number of hydrogen-bond donors (Lipinski definition) is 0. The first-order chi connectivity index (χ1) is 4.31. The second-order valence-corrected chi connectivity index (χ2v) is 3.16. The molecule has 0 bridgehead atoms. The summed E-state index contributed by atoms with van der Waals surface area (Å²) in [5.74, 6) is 0.678. The average Bonchev–Trinajstić information content (AvgIpc) is 2.46. The van der Waals surface area contributed by atoms with E-state index in [-0.39, 0.29) is 5.60 Å². The smallest absolute Gasteiger partial charge is 0.0939 e. The molecule has 2 heterocycles. The third-order valence-electron chi connectivity index (χ3n) is 2.39.